The van der Waals surface area contributed by atoms with Crippen LogP contribution in [0.3, 0.4) is 0 Å². The smallest absolute Gasteiger partial charge is 0.269 e. The second-order valence-corrected chi connectivity index (χ2v) is 6.60. The van der Waals surface area contributed by atoms with Crippen LogP contribution in [0.1, 0.15) is 5.56 Å². The lowest BCUT2D eigenvalue weighted by Gasteiger charge is -2.09. The molecule has 3 N–H and O–H groups in total. The molecule has 0 aromatic heterocycles. The summed E-state index contributed by atoms with van der Waals surface area (Å²) in [5.74, 6) is 0.551. The third-order valence-corrected chi connectivity index (χ3v) is 4.63. The molecule has 0 saturated carbocycles. The molecule has 0 bridgehead atoms. The van der Waals surface area contributed by atoms with Crippen LogP contribution in [0.15, 0.2) is 53.4 Å². The summed E-state index contributed by atoms with van der Waals surface area (Å²) < 4.78 is 0. The zero-order valence-corrected chi connectivity index (χ0v) is 14.0. The first-order valence-corrected chi connectivity index (χ1v) is 8.52. The summed E-state index contributed by atoms with van der Waals surface area (Å²) in [6, 6.07) is 14.0. The van der Waals surface area contributed by atoms with E-state index in [1.165, 1.54) is 23.9 Å². The lowest BCUT2D eigenvalue weighted by Crippen LogP contribution is -2.85. The van der Waals surface area contributed by atoms with Crippen LogP contribution >= 0.6 is 23.4 Å². The highest BCUT2D eigenvalue weighted by Crippen LogP contribution is 2.21. The molecule has 0 unspecified atom stereocenters. The molecule has 23 heavy (non-hydrogen) atoms. The van der Waals surface area contributed by atoms with Crippen LogP contribution in [-0.4, -0.2) is 28.4 Å². The van der Waals surface area contributed by atoms with E-state index in [1.54, 1.807) is 12.1 Å². The van der Waals surface area contributed by atoms with Crippen molar-refractivity contribution in [3.63, 3.8) is 0 Å². The molecule has 0 aliphatic carbocycles. The summed E-state index contributed by atoms with van der Waals surface area (Å²) in [5, 5.41) is 23.3. The molecule has 2 aromatic carbocycles. The van der Waals surface area contributed by atoms with E-state index >= 15 is 0 Å². The average Bonchev–Trinajstić information content (AvgIpc) is 2.55. The van der Waals surface area contributed by atoms with Gasteiger partial charge in [-0.25, -0.2) is 0 Å². The molecule has 122 valence electrons. The van der Waals surface area contributed by atoms with Crippen molar-refractivity contribution in [1.29, 1.82) is 0 Å². The summed E-state index contributed by atoms with van der Waals surface area (Å²) in [7, 11) is 0. The number of nitrogens with zero attached hydrogens (tertiary/aromatic N) is 1. The first kappa shape index (κ1) is 17.7. The molecule has 1 atom stereocenters. The predicted molar refractivity (Wildman–Crippen MR) is 91.8 cm³/mol. The van der Waals surface area contributed by atoms with Gasteiger partial charge in [-0.05, 0) is 24.3 Å². The standard InChI is InChI=1S/C16H17ClN2O3S/c17-13-3-1-12(2-4-13)9-18-10-15(20)11-23-16-7-5-14(6-8-16)19(21)22/h1-8,15,18,20H,9-11H2/p+1/t15-/m0/s1. The molecular weight excluding hydrogens is 336 g/mol. The fourth-order valence-corrected chi connectivity index (χ4v) is 2.96. The topological polar surface area (TPSA) is 80.0 Å². The van der Waals surface area contributed by atoms with Gasteiger partial charge in [0, 0.05) is 33.4 Å². The van der Waals surface area contributed by atoms with Crippen molar-refractivity contribution in [2.24, 2.45) is 0 Å². The number of benzene rings is 2. The number of non-ortho nitro benzene ring substituents is 1. The monoisotopic (exact) mass is 353 g/mol. The van der Waals surface area contributed by atoms with Crippen molar-refractivity contribution < 1.29 is 15.3 Å². The number of nitrogens with two attached hydrogens (primary N) is 1. The number of thioether (sulfide) groups is 1. The molecule has 5 nitrogen and oxygen atoms in total. The third kappa shape index (κ3) is 6.19. The normalized spacial score (nSPS) is 12.1. The zero-order chi connectivity index (χ0) is 16.7. The number of aliphatic hydroxyl groups is 1. The third-order valence-electron chi connectivity index (χ3n) is 3.22. The molecule has 0 aliphatic heterocycles. The van der Waals surface area contributed by atoms with E-state index in [2.05, 4.69) is 0 Å². The van der Waals surface area contributed by atoms with Gasteiger partial charge < -0.3 is 10.4 Å². The van der Waals surface area contributed by atoms with Crippen LogP contribution < -0.4 is 5.32 Å². The molecule has 0 radical (unpaired) electrons. The van der Waals surface area contributed by atoms with Crippen molar-refractivity contribution in [2.45, 2.75) is 17.5 Å². The Morgan fingerprint density at radius 1 is 1.17 bits per heavy atom. The van der Waals surface area contributed by atoms with Gasteiger partial charge in [0.1, 0.15) is 19.2 Å². The maximum Gasteiger partial charge on any atom is 0.269 e. The van der Waals surface area contributed by atoms with Crippen molar-refractivity contribution >= 4 is 29.1 Å². The van der Waals surface area contributed by atoms with Gasteiger partial charge >= 0.3 is 0 Å². The van der Waals surface area contributed by atoms with Gasteiger partial charge in [-0.15, -0.1) is 11.8 Å². The van der Waals surface area contributed by atoms with E-state index in [4.69, 9.17) is 11.6 Å². The minimum absolute atomic E-state index is 0.0752. The quantitative estimate of drug-likeness (QED) is 0.434. The Bertz CT molecular complexity index is 635. The van der Waals surface area contributed by atoms with Gasteiger partial charge in [0.15, 0.2) is 0 Å². The molecule has 0 fully saturated rings. The van der Waals surface area contributed by atoms with E-state index in [0.29, 0.717) is 17.3 Å². The molecular formula is C16H18ClN2O3S+. The van der Waals surface area contributed by atoms with Gasteiger partial charge in [0.25, 0.3) is 5.69 Å². The van der Waals surface area contributed by atoms with Crippen molar-refractivity contribution in [3.8, 4) is 0 Å². The molecule has 0 spiro atoms. The highest BCUT2D eigenvalue weighted by atomic mass is 35.5. The number of rotatable bonds is 8. The number of quaternary nitrogens is 1. The first-order chi connectivity index (χ1) is 11.0. The lowest BCUT2D eigenvalue weighted by atomic mass is 10.2. The molecule has 0 saturated heterocycles. The zero-order valence-electron chi connectivity index (χ0n) is 12.4. The van der Waals surface area contributed by atoms with Crippen LogP contribution in [0.5, 0.6) is 0 Å². The van der Waals surface area contributed by atoms with Gasteiger partial charge in [-0.1, -0.05) is 23.7 Å². The Morgan fingerprint density at radius 2 is 1.83 bits per heavy atom. The Hall–Kier alpha value is -1.60. The maximum atomic E-state index is 10.6. The SMILES string of the molecule is O=[N+]([O-])c1ccc(SC[C@@H](O)C[NH2+]Cc2ccc(Cl)cc2)cc1. The first-order valence-electron chi connectivity index (χ1n) is 7.16. The van der Waals surface area contributed by atoms with Crippen molar-refractivity contribution in [2.75, 3.05) is 12.3 Å². The maximum absolute atomic E-state index is 10.6. The van der Waals surface area contributed by atoms with Crippen LogP contribution in [0.25, 0.3) is 0 Å². The van der Waals surface area contributed by atoms with Gasteiger partial charge in [0.2, 0.25) is 0 Å². The summed E-state index contributed by atoms with van der Waals surface area (Å²) in [6.07, 6.45) is -0.442. The van der Waals surface area contributed by atoms with E-state index in [1.807, 2.05) is 29.6 Å². The second kappa shape index (κ2) is 8.88. The molecule has 7 heteroatoms. The van der Waals surface area contributed by atoms with E-state index in [-0.39, 0.29) is 5.69 Å². The number of hydrogen-bond donors (Lipinski definition) is 2. The fourth-order valence-electron chi connectivity index (χ4n) is 1.99. The van der Waals surface area contributed by atoms with Crippen LogP contribution in [-0.2, 0) is 6.54 Å². The van der Waals surface area contributed by atoms with E-state index in [9.17, 15) is 15.2 Å². The molecule has 2 aromatic rings. The number of nitro groups is 1. The Labute approximate surface area is 143 Å². The summed E-state index contributed by atoms with van der Waals surface area (Å²) in [4.78, 5) is 11.1. The Kier molecular flexibility index (Phi) is 6.85. The second-order valence-electron chi connectivity index (χ2n) is 5.07. The van der Waals surface area contributed by atoms with Crippen LogP contribution in [0.2, 0.25) is 5.02 Å². The molecule has 2 rings (SSSR count). The number of nitro benzene ring substituents is 1. The highest BCUT2D eigenvalue weighted by molar-refractivity contribution is 7.99. The van der Waals surface area contributed by atoms with Crippen molar-refractivity contribution in [3.05, 3.63) is 69.2 Å². The minimum atomic E-state index is -0.442. The predicted octanol–water partition coefficient (Wildman–Crippen LogP) is 2.46. The summed E-state index contributed by atoms with van der Waals surface area (Å²) in [6.45, 7) is 1.39. The largest absolute Gasteiger partial charge is 0.386 e. The Morgan fingerprint density at radius 3 is 2.43 bits per heavy atom. The minimum Gasteiger partial charge on any atom is -0.386 e. The van der Waals surface area contributed by atoms with Gasteiger partial charge in [-0.3, -0.25) is 10.1 Å². The van der Waals surface area contributed by atoms with Crippen LogP contribution in [0, 0.1) is 10.1 Å². The molecule has 0 amide bonds. The summed E-state index contributed by atoms with van der Waals surface area (Å²) >= 11 is 7.32. The number of hydrogen-bond acceptors (Lipinski definition) is 4. The van der Waals surface area contributed by atoms with E-state index < -0.39 is 11.0 Å². The van der Waals surface area contributed by atoms with Crippen molar-refractivity contribution in [1.82, 2.24) is 0 Å². The highest BCUT2D eigenvalue weighted by Gasteiger charge is 2.09. The fraction of sp³-hybridized carbons (Fsp3) is 0.250. The average molecular weight is 354 g/mol. The molecule has 0 heterocycles. The van der Waals surface area contributed by atoms with E-state index in [0.717, 1.165) is 17.0 Å². The van der Waals surface area contributed by atoms with Crippen LogP contribution in [0.4, 0.5) is 5.69 Å². The summed E-state index contributed by atoms with van der Waals surface area (Å²) in [5.41, 5.74) is 1.23. The number of halogens is 1. The lowest BCUT2D eigenvalue weighted by molar-refractivity contribution is -0.675. The van der Waals surface area contributed by atoms with Gasteiger partial charge in [-0.2, -0.15) is 0 Å². The number of aliphatic hydroxyl groups excluding tert-OH is 1. The molecule has 0 aliphatic rings. The Balaban J connectivity index is 1.69. The van der Waals surface area contributed by atoms with Gasteiger partial charge in [0.05, 0.1) is 4.92 Å².